The van der Waals surface area contributed by atoms with Crippen LogP contribution in [0.4, 0.5) is 5.69 Å². The van der Waals surface area contributed by atoms with E-state index < -0.39 is 0 Å². The van der Waals surface area contributed by atoms with Gasteiger partial charge in [0.25, 0.3) is 5.91 Å². The molecule has 0 aliphatic heterocycles. The molecule has 0 aliphatic carbocycles. The quantitative estimate of drug-likeness (QED) is 0.435. The number of hydrogen-bond donors (Lipinski definition) is 2. The Bertz CT molecular complexity index is 1250. The lowest BCUT2D eigenvalue weighted by Crippen LogP contribution is -2.27. The van der Waals surface area contributed by atoms with E-state index in [4.69, 9.17) is 11.6 Å². The lowest BCUT2D eigenvalue weighted by atomic mass is 10.2. The van der Waals surface area contributed by atoms with E-state index in [1.54, 1.807) is 24.3 Å². The highest BCUT2D eigenvalue weighted by Gasteiger charge is 2.14. The molecule has 0 saturated carbocycles. The van der Waals surface area contributed by atoms with Gasteiger partial charge in [0, 0.05) is 29.2 Å². The molecule has 32 heavy (non-hydrogen) atoms. The van der Waals surface area contributed by atoms with Crippen LogP contribution in [0.2, 0.25) is 5.02 Å². The minimum Gasteiger partial charge on any atom is -0.352 e. The number of fused-ring (bicyclic) bond motifs is 1. The average molecular weight is 447 g/mol. The van der Waals surface area contributed by atoms with Gasteiger partial charge in [-0.15, -0.1) is 0 Å². The van der Waals surface area contributed by atoms with E-state index in [0.717, 1.165) is 28.1 Å². The van der Waals surface area contributed by atoms with Crippen molar-refractivity contribution in [1.29, 1.82) is 0 Å². The van der Waals surface area contributed by atoms with Crippen LogP contribution in [0.15, 0.2) is 72.8 Å². The van der Waals surface area contributed by atoms with Crippen LogP contribution in [-0.4, -0.2) is 27.9 Å². The first kappa shape index (κ1) is 21.6. The Balaban J connectivity index is 1.46. The number of nitrogens with one attached hydrogen (secondary N) is 2. The second kappa shape index (κ2) is 9.66. The normalized spacial score (nSPS) is 10.8. The molecule has 2 amide bonds. The third-order valence-corrected chi connectivity index (χ3v) is 5.36. The fraction of sp³-hybridized carbons (Fsp3) is 0.160. The predicted octanol–water partition coefficient (Wildman–Crippen LogP) is 4.61. The number of carbonyl (C=O) groups excluding carboxylic acids is 2. The van der Waals surface area contributed by atoms with Gasteiger partial charge in [0.05, 0.1) is 11.0 Å². The number of hydrogen-bond acceptors (Lipinski definition) is 3. The predicted molar refractivity (Wildman–Crippen MR) is 127 cm³/mol. The monoisotopic (exact) mass is 446 g/mol. The highest BCUT2D eigenvalue weighted by Crippen LogP contribution is 2.17. The molecule has 0 spiro atoms. The van der Waals surface area contributed by atoms with Crippen LogP contribution < -0.4 is 10.6 Å². The Kier molecular flexibility index (Phi) is 6.52. The van der Waals surface area contributed by atoms with Crippen LogP contribution in [0.3, 0.4) is 0 Å². The maximum absolute atomic E-state index is 12.7. The molecule has 162 valence electrons. The van der Waals surface area contributed by atoms with Crippen LogP contribution in [-0.2, 0) is 17.8 Å². The molecule has 1 aromatic heterocycles. The Morgan fingerprint density at radius 2 is 1.69 bits per heavy atom. The number of benzene rings is 3. The third kappa shape index (κ3) is 5.15. The van der Waals surface area contributed by atoms with Gasteiger partial charge in [-0.1, -0.05) is 41.4 Å². The number of nitrogens with zero attached hydrogens (tertiary/aromatic N) is 2. The molecule has 4 rings (SSSR count). The summed E-state index contributed by atoms with van der Waals surface area (Å²) in [5.74, 6) is 0.423. The van der Waals surface area contributed by atoms with Gasteiger partial charge in [0.15, 0.2) is 0 Å². The molecule has 0 fully saturated rings. The zero-order valence-electron chi connectivity index (χ0n) is 17.6. The molecule has 0 bridgehead atoms. The fourth-order valence-corrected chi connectivity index (χ4v) is 3.59. The summed E-state index contributed by atoms with van der Waals surface area (Å²) in [7, 11) is 0. The Morgan fingerprint density at radius 3 is 2.44 bits per heavy atom. The topological polar surface area (TPSA) is 76.0 Å². The van der Waals surface area contributed by atoms with E-state index in [2.05, 4.69) is 15.6 Å². The minimum absolute atomic E-state index is 0.134. The number of aryl methyl sites for hydroxylation is 1. The molecule has 1 heterocycles. The lowest BCUT2D eigenvalue weighted by molar-refractivity contribution is -0.116. The van der Waals surface area contributed by atoms with E-state index in [1.807, 2.05) is 60.0 Å². The minimum atomic E-state index is -0.179. The molecule has 7 heteroatoms. The first-order valence-electron chi connectivity index (χ1n) is 10.3. The second-order valence-corrected chi connectivity index (χ2v) is 7.97. The number of halogens is 1. The van der Waals surface area contributed by atoms with Crippen molar-refractivity contribution in [3.05, 3.63) is 94.8 Å². The maximum atomic E-state index is 12.7. The molecule has 6 nitrogen and oxygen atoms in total. The van der Waals surface area contributed by atoms with E-state index in [0.29, 0.717) is 23.6 Å². The molecule has 3 aromatic carbocycles. The first-order chi connectivity index (χ1) is 15.5. The summed E-state index contributed by atoms with van der Waals surface area (Å²) in [5.41, 5.74) is 4.12. The van der Waals surface area contributed by atoms with Crippen LogP contribution in [0.1, 0.15) is 21.7 Å². The molecular formula is C25H23ClN4O2. The molecule has 2 N–H and O–H groups in total. The number of aromatic nitrogens is 2. The SMILES string of the molecule is Cc1ccc(NC(=O)Cn2c(CCNC(=O)c3ccc(Cl)cc3)nc3ccccc32)cc1. The van der Waals surface area contributed by atoms with Gasteiger partial charge < -0.3 is 15.2 Å². The lowest BCUT2D eigenvalue weighted by Gasteiger charge is -2.11. The second-order valence-electron chi connectivity index (χ2n) is 7.53. The summed E-state index contributed by atoms with van der Waals surface area (Å²) in [4.78, 5) is 29.8. The number of amides is 2. The fourth-order valence-electron chi connectivity index (χ4n) is 3.46. The number of para-hydroxylation sites is 2. The van der Waals surface area contributed by atoms with E-state index in [9.17, 15) is 9.59 Å². The number of carbonyl (C=O) groups is 2. The van der Waals surface area contributed by atoms with Crippen molar-refractivity contribution in [3.63, 3.8) is 0 Å². The van der Waals surface area contributed by atoms with E-state index >= 15 is 0 Å². The summed E-state index contributed by atoms with van der Waals surface area (Å²) in [6.07, 6.45) is 0.492. The van der Waals surface area contributed by atoms with Gasteiger partial charge >= 0.3 is 0 Å². The third-order valence-electron chi connectivity index (χ3n) is 5.11. The molecule has 4 aromatic rings. The van der Waals surface area contributed by atoms with Gasteiger partial charge in [-0.3, -0.25) is 9.59 Å². The summed E-state index contributed by atoms with van der Waals surface area (Å²) < 4.78 is 1.90. The van der Waals surface area contributed by atoms with Gasteiger partial charge in [-0.25, -0.2) is 4.98 Å². The molecule has 0 unspecified atom stereocenters. The van der Waals surface area contributed by atoms with Gasteiger partial charge in [0.1, 0.15) is 12.4 Å². The van der Waals surface area contributed by atoms with Crippen molar-refractivity contribution in [2.24, 2.45) is 0 Å². The van der Waals surface area contributed by atoms with Crippen LogP contribution in [0.5, 0.6) is 0 Å². The molecule has 0 aliphatic rings. The van der Waals surface area contributed by atoms with Crippen LogP contribution >= 0.6 is 11.6 Å². The van der Waals surface area contributed by atoms with Crippen molar-refractivity contribution in [2.75, 3.05) is 11.9 Å². The average Bonchev–Trinajstić information content (AvgIpc) is 3.13. The zero-order chi connectivity index (χ0) is 22.5. The standard InChI is InChI=1S/C25H23ClN4O2/c1-17-6-12-20(13-7-17)28-24(31)16-30-22-5-3-2-4-21(22)29-23(30)14-15-27-25(32)18-8-10-19(26)11-9-18/h2-13H,14-16H2,1H3,(H,27,32)(H,28,31). The van der Waals surface area contributed by atoms with Crippen LogP contribution in [0.25, 0.3) is 11.0 Å². The van der Waals surface area contributed by atoms with Crippen molar-refractivity contribution < 1.29 is 9.59 Å². The molecule has 0 atom stereocenters. The smallest absolute Gasteiger partial charge is 0.251 e. The summed E-state index contributed by atoms with van der Waals surface area (Å²) in [6, 6.07) is 22.1. The summed E-state index contributed by atoms with van der Waals surface area (Å²) in [5, 5.41) is 6.42. The zero-order valence-corrected chi connectivity index (χ0v) is 18.4. The van der Waals surface area contributed by atoms with Crippen molar-refractivity contribution in [3.8, 4) is 0 Å². The number of rotatable bonds is 7. The Morgan fingerprint density at radius 1 is 0.969 bits per heavy atom. The van der Waals surface area contributed by atoms with E-state index in [-0.39, 0.29) is 18.4 Å². The summed E-state index contributed by atoms with van der Waals surface area (Å²) >= 11 is 5.88. The Hall–Kier alpha value is -3.64. The van der Waals surface area contributed by atoms with Crippen molar-refractivity contribution >= 4 is 40.1 Å². The van der Waals surface area contributed by atoms with Gasteiger partial charge in [0.2, 0.25) is 5.91 Å². The molecule has 0 radical (unpaired) electrons. The van der Waals surface area contributed by atoms with E-state index in [1.165, 1.54) is 0 Å². The van der Waals surface area contributed by atoms with Crippen LogP contribution in [0, 0.1) is 6.92 Å². The van der Waals surface area contributed by atoms with Gasteiger partial charge in [-0.2, -0.15) is 0 Å². The Labute approximate surface area is 191 Å². The van der Waals surface area contributed by atoms with Crippen molar-refractivity contribution in [1.82, 2.24) is 14.9 Å². The highest BCUT2D eigenvalue weighted by atomic mass is 35.5. The van der Waals surface area contributed by atoms with Crippen molar-refractivity contribution in [2.45, 2.75) is 19.9 Å². The largest absolute Gasteiger partial charge is 0.352 e. The highest BCUT2D eigenvalue weighted by molar-refractivity contribution is 6.30. The maximum Gasteiger partial charge on any atom is 0.251 e. The molecule has 0 saturated heterocycles. The first-order valence-corrected chi connectivity index (χ1v) is 10.7. The van der Waals surface area contributed by atoms with Gasteiger partial charge in [-0.05, 0) is 55.5 Å². The number of anilines is 1. The number of imidazole rings is 1. The summed E-state index contributed by atoms with van der Waals surface area (Å²) in [6.45, 7) is 2.53. The molecular weight excluding hydrogens is 424 g/mol.